The lowest BCUT2D eigenvalue weighted by atomic mass is 9.95. The van der Waals surface area contributed by atoms with Gasteiger partial charge in [-0.15, -0.1) is 0 Å². The minimum Gasteiger partial charge on any atom is -0.340 e. The van der Waals surface area contributed by atoms with Crippen molar-refractivity contribution < 1.29 is 0 Å². The first-order valence-electron chi connectivity index (χ1n) is 8.99. The summed E-state index contributed by atoms with van der Waals surface area (Å²) in [6.45, 7) is 7.84. The van der Waals surface area contributed by atoms with Gasteiger partial charge in [-0.1, -0.05) is 0 Å². The molecule has 4 rings (SSSR count). The van der Waals surface area contributed by atoms with Crippen molar-refractivity contribution >= 4 is 5.95 Å². The van der Waals surface area contributed by atoms with Gasteiger partial charge in [0.25, 0.3) is 0 Å². The minimum absolute atomic E-state index is 0.324. The summed E-state index contributed by atoms with van der Waals surface area (Å²) in [5, 5.41) is 0. The van der Waals surface area contributed by atoms with Gasteiger partial charge in [-0.05, 0) is 39.7 Å². The SMILES string of the molecule is Cc1cc(C)nc(N2CCCC(c3cncc(-n4ccnc4C)n3)C2)n1. The van der Waals surface area contributed by atoms with Crippen LogP contribution in [0.25, 0.3) is 5.82 Å². The van der Waals surface area contributed by atoms with E-state index in [9.17, 15) is 0 Å². The number of aryl methyl sites for hydroxylation is 3. The summed E-state index contributed by atoms with van der Waals surface area (Å²) in [4.78, 5) is 25.1. The van der Waals surface area contributed by atoms with Crippen LogP contribution >= 0.6 is 0 Å². The molecule has 0 bridgehead atoms. The lowest BCUT2D eigenvalue weighted by molar-refractivity contribution is 0.493. The molecule has 7 heteroatoms. The minimum atomic E-state index is 0.324. The fraction of sp³-hybridized carbons (Fsp3) is 0.421. The van der Waals surface area contributed by atoms with E-state index in [2.05, 4.69) is 24.8 Å². The van der Waals surface area contributed by atoms with Crippen LogP contribution in [0.5, 0.6) is 0 Å². The maximum absolute atomic E-state index is 4.86. The van der Waals surface area contributed by atoms with Gasteiger partial charge < -0.3 is 4.90 Å². The first-order valence-corrected chi connectivity index (χ1v) is 8.99. The summed E-state index contributed by atoms with van der Waals surface area (Å²) in [5.74, 6) is 2.87. The molecule has 0 amide bonds. The number of hydrogen-bond acceptors (Lipinski definition) is 6. The van der Waals surface area contributed by atoms with E-state index in [1.54, 1.807) is 12.4 Å². The number of anilines is 1. The molecular weight excluding hydrogens is 326 g/mol. The third-order valence-corrected chi connectivity index (χ3v) is 4.81. The van der Waals surface area contributed by atoms with Crippen LogP contribution < -0.4 is 4.90 Å². The average Bonchev–Trinajstić information content (AvgIpc) is 3.07. The highest BCUT2D eigenvalue weighted by Gasteiger charge is 2.25. The summed E-state index contributed by atoms with van der Waals surface area (Å²) < 4.78 is 1.96. The Morgan fingerprint density at radius 2 is 1.85 bits per heavy atom. The Morgan fingerprint density at radius 1 is 1.04 bits per heavy atom. The molecule has 1 aliphatic rings. The van der Waals surface area contributed by atoms with E-state index >= 15 is 0 Å². The van der Waals surface area contributed by atoms with Gasteiger partial charge in [0, 0.05) is 49.0 Å². The Balaban J connectivity index is 1.59. The van der Waals surface area contributed by atoms with Crippen molar-refractivity contribution in [1.82, 2.24) is 29.5 Å². The Kier molecular flexibility index (Phi) is 4.36. The van der Waals surface area contributed by atoms with Crippen LogP contribution in [-0.4, -0.2) is 42.6 Å². The second kappa shape index (κ2) is 6.82. The zero-order chi connectivity index (χ0) is 18.1. The molecule has 0 radical (unpaired) electrons. The van der Waals surface area contributed by atoms with Crippen LogP contribution in [0.3, 0.4) is 0 Å². The highest BCUT2D eigenvalue weighted by molar-refractivity contribution is 5.34. The summed E-state index contributed by atoms with van der Waals surface area (Å²) in [6.07, 6.45) is 9.56. The van der Waals surface area contributed by atoms with Crippen molar-refractivity contribution in [3.8, 4) is 5.82 Å². The Labute approximate surface area is 153 Å². The van der Waals surface area contributed by atoms with E-state index in [1.165, 1.54) is 0 Å². The largest absolute Gasteiger partial charge is 0.340 e. The molecule has 7 nitrogen and oxygen atoms in total. The van der Waals surface area contributed by atoms with E-state index in [0.29, 0.717) is 5.92 Å². The van der Waals surface area contributed by atoms with Crippen molar-refractivity contribution in [2.75, 3.05) is 18.0 Å². The number of nitrogens with zero attached hydrogens (tertiary/aromatic N) is 7. The number of imidazole rings is 1. The van der Waals surface area contributed by atoms with E-state index in [4.69, 9.17) is 4.98 Å². The highest BCUT2D eigenvalue weighted by atomic mass is 15.3. The van der Waals surface area contributed by atoms with Gasteiger partial charge in [0.2, 0.25) is 5.95 Å². The van der Waals surface area contributed by atoms with Crippen LogP contribution in [0.15, 0.2) is 30.9 Å². The zero-order valence-corrected chi connectivity index (χ0v) is 15.4. The van der Waals surface area contributed by atoms with Crippen molar-refractivity contribution in [3.05, 3.63) is 53.8 Å². The molecule has 1 saturated heterocycles. The van der Waals surface area contributed by atoms with Crippen LogP contribution in [0.4, 0.5) is 5.95 Å². The molecule has 0 aliphatic carbocycles. The van der Waals surface area contributed by atoms with E-state index < -0.39 is 0 Å². The van der Waals surface area contributed by atoms with Gasteiger partial charge in [0.05, 0.1) is 11.9 Å². The van der Waals surface area contributed by atoms with Gasteiger partial charge in [0.1, 0.15) is 5.82 Å². The molecule has 1 aliphatic heterocycles. The molecule has 0 N–H and O–H groups in total. The Morgan fingerprint density at radius 3 is 2.58 bits per heavy atom. The maximum Gasteiger partial charge on any atom is 0.225 e. The highest BCUT2D eigenvalue weighted by Crippen LogP contribution is 2.28. The van der Waals surface area contributed by atoms with E-state index in [1.807, 2.05) is 43.8 Å². The molecule has 3 aromatic heterocycles. The van der Waals surface area contributed by atoms with Crippen molar-refractivity contribution in [2.45, 2.75) is 39.5 Å². The van der Waals surface area contributed by atoms with E-state index in [0.717, 1.165) is 60.6 Å². The number of rotatable bonds is 3. The maximum atomic E-state index is 4.86. The Hall–Kier alpha value is -2.83. The van der Waals surface area contributed by atoms with Crippen LogP contribution in [0, 0.1) is 20.8 Å². The number of hydrogen-bond donors (Lipinski definition) is 0. The van der Waals surface area contributed by atoms with Crippen LogP contribution in [0.2, 0.25) is 0 Å². The van der Waals surface area contributed by atoms with Crippen molar-refractivity contribution in [3.63, 3.8) is 0 Å². The number of piperidine rings is 1. The summed E-state index contributed by atoms with van der Waals surface area (Å²) >= 11 is 0. The average molecular weight is 349 g/mol. The summed E-state index contributed by atoms with van der Waals surface area (Å²) in [5.41, 5.74) is 3.03. The Bertz CT molecular complexity index is 898. The predicted molar refractivity (Wildman–Crippen MR) is 99.6 cm³/mol. The topological polar surface area (TPSA) is 72.6 Å². The quantitative estimate of drug-likeness (QED) is 0.724. The molecule has 26 heavy (non-hydrogen) atoms. The molecule has 134 valence electrons. The molecule has 0 spiro atoms. The summed E-state index contributed by atoms with van der Waals surface area (Å²) in [6, 6.07) is 2.01. The third-order valence-electron chi connectivity index (χ3n) is 4.81. The normalized spacial score (nSPS) is 17.5. The van der Waals surface area contributed by atoms with Gasteiger partial charge in [0.15, 0.2) is 5.82 Å². The predicted octanol–water partition coefficient (Wildman–Crippen LogP) is 2.76. The van der Waals surface area contributed by atoms with Crippen LogP contribution in [0.1, 0.15) is 41.7 Å². The molecule has 1 atom stereocenters. The van der Waals surface area contributed by atoms with E-state index in [-0.39, 0.29) is 0 Å². The second-order valence-electron chi connectivity index (χ2n) is 6.88. The van der Waals surface area contributed by atoms with Gasteiger partial charge in [-0.25, -0.2) is 19.9 Å². The van der Waals surface area contributed by atoms with Crippen molar-refractivity contribution in [1.29, 1.82) is 0 Å². The first kappa shape index (κ1) is 16.6. The molecule has 0 saturated carbocycles. The molecule has 4 heterocycles. The smallest absolute Gasteiger partial charge is 0.225 e. The molecular formula is C19H23N7. The van der Waals surface area contributed by atoms with Gasteiger partial charge >= 0.3 is 0 Å². The molecule has 1 unspecified atom stereocenters. The molecule has 1 fully saturated rings. The third kappa shape index (κ3) is 3.29. The van der Waals surface area contributed by atoms with Crippen molar-refractivity contribution in [2.24, 2.45) is 0 Å². The fourth-order valence-electron chi connectivity index (χ4n) is 3.55. The number of aromatic nitrogens is 6. The lowest BCUT2D eigenvalue weighted by Crippen LogP contribution is -2.36. The standard InChI is InChI=1S/C19H23N7/c1-13-9-14(2)23-19(22-13)25-7-4-5-16(12-25)17-10-20-11-18(24-17)26-8-6-21-15(26)3/h6,8-11,16H,4-5,7,12H2,1-3H3. The second-order valence-corrected chi connectivity index (χ2v) is 6.88. The fourth-order valence-corrected chi connectivity index (χ4v) is 3.55. The molecule has 0 aromatic carbocycles. The van der Waals surface area contributed by atoms with Crippen LogP contribution in [-0.2, 0) is 0 Å². The van der Waals surface area contributed by atoms with Gasteiger partial charge in [-0.2, -0.15) is 0 Å². The zero-order valence-electron chi connectivity index (χ0n) is 15.4. The monoisotopic (exact) mass is 349 g/mol. The lowest BCUT2D eigenvalue weighted by Gasteiger charge is -2.32. The summed E-state index contributed by atoms with van der Waals surface area (Å²) in [7, 11) is 0. The molecule has 3 aromatic rings. The first-order chi connectivity index (χ1) is 12.6. The van der Waals surface area contributed by atoms with Gasteiger partial charge in [-0.3, -0.25) is 9.55 Å².